The Hall–Kier alpha value is -2.60. The van der Waals surface area contributed by atoms with Crippen molar-refractivity contribution in [2.75, 3.05) is 18.0 Å². The molecule has 1 atom stereocenters. The Morgan fingerprint density at radius 2 is 2.27 bits per heavy atom. The van der Waals surface area contributed by atoms with Crippen LogP contribution < -0.4 is 10.2 Å². The van der Waals surface area contributed by atoms with E-state index in [9.17, 15) is 4.79 Å². The fraction of sp³-hybridized carbons (Fsp3) is 0.300. The minimum atomic E-state index is -0.0802. The lowest BCUT2D eigenvalue weighted by atomic mass is 10.1. The zero-order valence-corrected chi connectivity index (χ0v) is 15.8. The third-order valence-electron chi connectivity index (χ3n) is 4.83. The number of carbonyl (C=O) groups excluding carboxylic acids is 1. The molecule has 0 radical (unpaired) electrons. The molecule has 0 aliphatic carbocycles. The van der Waals surface area contributed by atoms with Crippen molar-refractivity contribution in [1.29, 1.82) is 0 Å². The molecule has 0 spiro atoms. The predicted octanol–water partition coefficient (Wildman–Crippen LogP) is 3.63. The van der Waals surface area contributed by atoms with E-state index in [1.165, 1.54) is 11.3 Å². The van der Waals surface area contributed by atoms with Gasteiger partial charge in [0.25, 0.3) is 5.91 Å². The van der Waals surface area contributed by atoms with Crippen molar-refractivity contribution in [1.82, 2.24) is 15.3 Å². The van der Waals surface area contributed by atoms with Gasteiger partial charge in [-0.1, -0.05) is 18.2 Å². The molecular weight excluding hydrogens is 344 g/mol. The van der Waals surface area contributed by atoms with Crippen LogP contribution in [0.25, 0.3) is 11.3 Å². The monoisotopic (exact) mass is 366 g/mol. The van der Waals surface area contributed by atoms with Crippen LogP contribution in [0.5, 0.6) is 0 Å². The van der Waals surface area contributed by atoms with Crippen LogP contribution in [0.1, 0.15) is 28.0 Å². The third kappa shape index (κ3) is 3.24. The average molecular weight is 366 g/mol. The summed E-state index contributed by atoms with van der Waals surface area (Å²) in [6, 6.07) is 10.8. The quantitative estimate of drug-likeness (QED) is 0.725. The van der Waals surface area contributed by atoms with Gasteiger partial charge in [0, 0.05) is 42.0 Å². The van der Waals surface area contributed by atoms with E-state index in [1.807, 2.05) is 24.6 Å². The van der Waals surface area contributed by atoms with Crippen LogP contribution >= 0.6 is 11.3 Å². The number of fused-ring (bicyclic) bond motifs is 1. The molecule has 134 valence electrons. The summed E-state index contributed by atoms with van der Waals surface area (Å²) in [6.07, 6.45) is 2.90. The van der Waals surface area contributed by atoms with Gasteiger partial charge in [0.15, 0.2) is 0 Å². The van der Waals surface area contributed by atoms with Crippen molar-refractivity contribution in [3.8, 4) is 11.3 Å². The molecule has 0 unspecified atom stereocenters. The number of nitrogens with one attached hydrogen (secondary N) is 2. The Morgan fingerprint density at radius 1 is 1.42 bits per heavy atom. The molecule has 5 nitrogen and oxygen atoms in total. The lowest BCUT2D eigenvalue weighted by Gasteiger charge is -2.24. The second kappa shape index (κ2) is 6.96. The first-order chi connectivity index (χ1) is 12.6. The number of aromatic amines is 1. The number of nitrogens with zero attached hydrogens (tertiary/aromatic N) is 2. The van der Waals surface area contributed by atoms with Crippen LogP contribution in [-0.4, -0.2) is 35.0 Å². The van der Waals surface area contributed by atoms with Gasteiger partial charge in [-0.3, -0.25) is 4.79 Å². The molecule has 1 aromatic carbocycles. The third-order valence-corrected chi connectivity index (χ3v) is 5.60. The number of H-pyrrole nitrogens is 1. The Morgan fingerprint density at radius 3 is 3.08 bits per heavy atom. The highest BCUT2D eigenvalue weighted by molar-refractivity contribution is 7.09. The van der Waals surface area contributed by atoms with Gasteiger partial charge >= 0.3 is 0 Å². The van der Waals surface area contributed by atoms with Crippen molar-refractivity contribution in [2.24, 2.45) is 0 Å². The van der Waals surface area contributed by atoms with E-state index in [4.69, 9.17) is 0 Å². The van der Waals surface area contributed by atoms with Gasteiger partial charge in [0.1, 0.15) is 5.69 Å². The molecule has 0 fully saturated rings. The van der Waals surface area contributed by atoms with E-state index < -0.39 is 0 Å². The molecule has 0 saturated carbocycles. The number of para-hydroxylation sites is 1. The van der Waals surface area contributed by atoms with Crippen LogP contribution in [0.3, 0.4) is 0 Å². The summed E-state index contributed by atoms with van der Waals surface area (Å²) in [4.78, 5) is 22.3. The summed E-state index contributed by atoms with van der Waals surface area (Å²) in [5.74, 6) is -0.0802. The van der Waals surface area contributed by atoms with Crippen molar-refractivity contribution >= 4 is 22.9 Å². The van der Waals surface area contributed by atoms with Gasteiger partial charge < -0.3 is 15.2 Å². The largest absolute Gasteiger partial charge is 0.367 e. The summed E-state index contributed by atoms with van der Waals surface area (Å²) in [5, 5.41) is 6.04. The van der Waals surface area contributed by atoms with Gasteiger partial charge in [-0.05, 0) is 38.0 Å². The zero-order valence-electron chi connectivity index (χ0n) is 15.0. The normalized spacial score (nSPS) is 15.9. The highest BCUT2D eigenvalue weighted by Gasteiger charge is 2.25. The number of thiazole rings is 1. The molecule has 0 bridgehead atoms. The summed E-state index contributed by atoms with van der Waals surface area (Å²) >= 11 is 1.61. The molecule has 1 amide bonds. The maximum absolute atomic E-state index is 12.4. The van der Waals surface area contributed by atoms with E-state index in [0.717, 1.165) is 29.2 Å². The van der Waals surface area contributed by atoms with E-state index in [0.29, 0.717) is 18.3 Å². The molecule has 3 aromatic rings. The molecule has 2 aromatic heterocycles. The summed E-state index contributed by atoms with van der Waals surface area (Å²) in [5.41, 5.74) is 5.10. The Bertz CT molecular complexity index is 929. The minimum absolute atomic E-state index is 0.0802. The Kier molecular flexibility index (Phi) is 4.51. The molecule has 3 heterocycles. The number of hydrogen-bond acceptors (Lipinski definition) is 4. The molecule has 0 saturated heterocycles. The van der Waals surface area contributed by atoms with E-state index in [2.05, 4.69) is 51.4 Å². The van der Waals surface area contributed by atoms with Crippen molar-refractivity contribution < 1.29 is 4.79 Å². The zero-order chi connectivity index (χ0) is 18.1. The summed E-state index contributed by atoms with van der Waals surface area (Å²) < 4.78 is 0. The van der Waals surface area contributed by atoms with Crippen molar-refractivity contribution in [2.45, 2.75) is 26.3 Å². The predicted molar refractivity (Wildman–Crippen MR) is 106 cm³/mol. The van der Waals surface area contributed by atoms with Gasteiger partial charge in [-0.15, -0.1) is 11.3 Å². The molecule has 1 aliphatic rings. The molecule has 6 heteroatoms. The lowest BCUT2D eigenvalue weighted by molar-refractivity contribution is 0.0950. The maximum Gasteiger partial charge on any atom is 0.267 e. The number of amides is 1. The number of carbonyl (C=O) groups is 1. The van der Waals surface area contributed by atoms with Gasteiger partial charge in [-0.25, -0.2) is 4.98 Å². The fourth-order valence-electron chi connectivity index (χ4n) is 3.52. The minimum Gasteiger partial charge on any atom is -0.367 e. The second-order valence-corrected chi connectivity index (χ2v) is 7.75. The number of rotatable bonds is 5. The highest BCUT2D eigenvalue weighted by atomic mass is 32.1. The van der Waals surface area contributed by atoms with Crippen LogP contribution in [0.15, 0.2) is 41.9 Å². The molecular formula is C20H22N4OS. The molecule has 26 heavy (non-hydrogen) atoms. The Balaban J connectivity index is 1.36. The van der Waals surface area contributed by atoms with Crippen LogP contribution in [0, 0.1) is 6.92 Å². The number of aryl methyl sites for hydroxylation is 1. The van der Waals surface area contributed by atoms with Crippen molar-refractivity contribution in [3.63, 3.8) is 0 Å². The van der Waals surface area contributed by atoms with Gasteiger partial charge in [-0.2, -0.15) is 0 Å². The summed E-state index contributed by atoms with van der Waals surface area (Å²) in [6.45, 7) is 5.63. The second-order valence-electron chi connectivity index (χ2n) is 6.68. The van der Waals surface area contributed by atoms with E-state index in [1.54, 1.807) is 11.3 Å². The summed E-state index contributed by atoms with van der Waals surface area (Å²) in [7, 11) is 0. The maximum atomic E-state index is 12.4. The first-order valence-corrected chi connectivity index (χ1v) is 9.73. The van der Waals surface area contributed by atoms with Gasteiger partial charge in [0.05, 0.1) is 10.7 Å². The lowest BCUT2D eigenvalue weighted by Crippen LogP contribution is -2.37. The van der Waals surface area contributed by atoms with Crippen molar-refractivity contribution in [3.05, 3.63) is 58.2 Å². The highest BCUT2D eigenvalue weighted by Crippen LogP contribution is 2.31. The number of hydrogen-bond donors (Lipinski definition) is 2. The number of anilines is 1. The van der Waals surface area contributed by atoms with E-state index >= 15 is 0 Å². The average Bonchev–Trinajstić information content (AvgIpc) is 3.34. The molecule has 4 rings (SSSR count). The first kappa shape index (κ1) is 16.8. The standard InChI is InChI=1S/C20H22N4OS/c1-13-9-15-5-3-4-6-19(15)24(13)8-7-21-20(25)17-10-16(11-22-17)18-12-26-14(2)23-18/h3-6,10-13,22H,7-9H2,1-2H3,(H,21,25)/t13-/m1/s1. The number of benzene rings is 1. The van der Waals surface area contributed by atoms with Gasteiger partial charge in [0.2, 0.25) is 0 Å². The molecule has 2 N–H and O–H groups in total. The first-order valence-electron chi connectivity index (χ1n) is 8.85. The number of aromatic nitrogens is 2. The fourth-order valence-corrected chi connectivity index (χ4v) is 4.15. The SMILES string of the molecule is Cc1nc(-c2c[nH]c(C(=O)NCCN3c4ccccc4C[C@H]3C)c2)cs1. The molecule has 1 aliphatic heterocycles. The van der Waals surface area contributed by atoms with Crippen LogP contribution in [0.2, 0.25) is 0 Å². The van der Waals surface area contributed by atoms with Crippen LogP contribution in [-0.2, 0) is 6.42 Å². The van der Waals surface area contributed by atoms with E-state index in [-0.39, 0.29) is 5.91 Å². The smallest absolute Gasteiger partial charge is 0.267 e. The topological polar surface area (TPSA) is 61.0 Å². The Labute approximate surface area is 157 Å². The van der Waals surface area contributed by atoms with Crippen LogP contribution in [0.4, 0.5) is 5.69 Å².